The fraction of sp³-hybridized carbons (Fsp3) is 0.194. The summed E-state index contributed by atoms with van der Waals surface area (Å²) in [6.07, 6.45) is 1.09. The van der Waals surface area contributed by atoms with Crippen LogP contribution < -0.4 is 9.47 Å². The van der Waals surface area contributed by atoms with Gasteiger partial charge in [0.2, 0.25) is 0 Å². The molecule has 0 saturated heterocycles. The molecule has 0 aliphatic heterocycles. The first-order chi connectivity index (χ1) is 19.5. The van der Waals surface area contributed by atoms with Crippen molar-refractivity contribution in [3.63, 3.8) is 0 Å². The first kappa shape index (κ1) is 29.6. The van der Waals surface area contributed by atoms with E-state index in [1.807, 2.05) is 6.07 Å². The van der Waals surface area contributed by atoms with Crippen molar-refractivity contribution in [2.24, 2.45) is 0 Å². The second kappa shape index (κ2) is 16.1. The molecular weight excluding hydrogens is 517 g/mol. The molecule has 0 aliphatic carbocycles. The average molecular weight is 544 g/mol. The van der Waals surface area contributed by atoms with Crippen LogP contribution in [0.15, 0.2) is 79.4 Å². The Labute approximate surface area is 231 Å². The molecule has 40 heavy (non-hydrogen) atoms. The van der Waals surface area contributed by atoms with E-state index in [0.29, 0.717) is 42.3 Å². The Morgan fingerprint density at radius 1 is 0.800 bits per heavy atom. The van der Waals surface area contributed by atoms with Gasteiger partial charge in [0.05, 0.1) is 43.6 Å². The molecule has 3 aromatic rings. The highest BCUT2D eigenvalue weighted by atomic mass is 19.1. The maximum absolute atomic E-state index is 14.5. The van der Waals surface area contributed by atoms with Crippen molar-refractivity contribution in [3.8, 4) is 29.4 Å². The zero-order valence-electron chi connectivity index (χ0n) is 21.6. The summed E-state index contributed by atoms with van der Waals surface area (Å²) in [6, 6.07) is 19.0. The number of esters is 2. The summed E-state index contributed by atoms with van der Waals surface area (Å²) in [5, 5.41) is 8.85. The van der Waals surface area contributed by atoms with E-state index in [9.17, 15) is 14.0 Å². The van der Waals surface area contributed by atoms with Crippen molar-refractivity contribution in [1.82, 2.24) is 0 Å². The fourth-order valence-electron chi connectivity index (χ4n) is 3.08. The normalized spacial score (nSPS) is 10.0. The van der Waals surface area contributed by atoms with E-state index in [1.54, 1.807) is 42.5 Å². The molecule has 9 heteroatoms. The SMILES string of the molecule is C=CC(=O)OCCOCCOCCOc1ccc(C(=O)Oc2ccc(C#Cc3ccc(C#N)cc3)cc2F)cc1. The number of hydrogen-bond donors (Lipinski definition) is 0. The number of hydrogen-bond acceptors (Lipinski definition) is 8. The van der Waals surface area contributed by atoms with E-state index in [-0.39, 0.29) is 31.1 Å². The topological polar surface area (TPSA) is 104 Å². The second-order valence-corrected chi connectivity index (χ2v) is 7.94. The van der Waals surface area contributed by atoms with Crippen LogP contribution >= 0.6 is 0 Å². The molecule has 0 fully saturated rings. The van der Waals surface area contributed by atoms with Crippen LogP contribution in [0.5, 0.6) is 11.5 Å². The summed E-state index contributed by atoms with van der Waals surface area (Å²) in [4.78, 5) is 23.3. The van der Waals surface area contributed by atoms with E-state index in [4.69, 9.17) is 28.9 Å². The molecule has 0 aliphatic rings. The van der Waals surface area contributed by atoms with Crippen molar-refractivity contribution >= 4 is 11.9 Å². The van der Waals surface area contributed by atoms with Gasteiger partial charge in [-0.05, 0) is 66.7 Å². The summed E-state index contributed by atoms with van der Waals surface area (Å²) in [6.45, 7) is 5.02. The zero-order valence-corrected chi connectivity index (χ0v) is 21.6. The van der Waals surface area contributed by atoms with E-state index in [1.165, 1.54) is 24.3 Å². The maximum atomic E-state index is 14.5. The largest absolute Gasteiger partial charge is 0.491 e. The third-order valence-corrected chi connectivity index (χ3v) is 5.10. The summed E-state index contributed by atoms with van der Waals surface area (Å²) in [5.74, 6) is 4.11. The van der Waals surface area contributed by atoms with Crippen LogP contribution in [0.4, 0.5) is 4.39 Å². The van der Waals surface area contributed by atoms with Gasteiger partial charge in [0.15, 0.2) is 11.6 Å². The molecule has 0 amide bonds. The van der Waals surface area contributed by atoms with Crippen LogP contribution in [-0.4, -0.2) is 51.6 Å². The molecule has 0 spiro atoms. The number of nitrogens with zero attached hydrogens (tertiary/aromatic N) is 1. The van der Waals surface area contributed by atoms with Crippen molar-refractivity contribution in [2.45, 2.75) is 0 Å². The fourth-order valence-corrected chi connectivity index (χ4v) is 3.08. The van der Waals surface area contributed by atoms with Crippen LogP contribution in [0.2, 0.25) is 0 Å². The van der Waals surface area contributed by atoms with Crippen molar-refractivity contribution in [2.75, 3.05) is 39.6 Å². The van der Waals surface area contributed by atoms with Crippen LogP contribution in [0.25, 0.3) is 0 Å². The van der Waals surface area contributed by atoms with Gasteiger partial charge in [0.25, 0.3) is 0 Å². The molecule has 3 aromatic carbocycles. The lowest BCUT2D eigenvalue weighted by Crippen LogP contribution is -2.13. The lowest BCUT2D eigenvalue weighted by Gasteiger charge is -2.09. The van der Waals surface area contributed by atoms with Crippen LogP contribution in [0.1, 0.15) is 27.0 Å². The minimum atomic E-state index is -0.721. The van der Waals surface area contributed by atoms with Crippen molar-refractivity contribution in [1.29, 1.82) is 5.26 Å². The lowest BCUT2D eigenvalue weighted by atomic mass is 10.1. The standard InChI is InChI=1S/C31H26FNO7/c1-2-30(34)39-20-18-37-16-15-36-17-19-38-27-12-10-26(11-13-27)31(35)40-29-14-9-24(21-28(29)32)6-3-23-4-7-25(22-33)8-5-23/h2,4-5,7-14,21H,1,15-20H2. The number of nitriles is 1. The van der Waals surface area contributed by atoms with Crippen molar-refractivity contribution < 1.29 is 37.7 Å². The number of ether oxygens (including phenoxy) is 5. The Balaban J connectivity index is 1.38. The molecule has 0 atom stereocenters. The highest BCUT2D eigenvalue weighted by Crippen LogP contribution is 2.20. The number of carbonyl (C=O) groups excluding carboxylic acids is 2. The lowest BCUT2D eigenvalue weighted by molar-refractivity contribution is -0.139. The number of benzene rings is 3. The van der Waals surface area contributed by atoms with Crippen LogP contribution in [-0.2, 0) is 19.0 Å². The summed E-state index contributed by atoms with van der Waals surface area (Å²) >= 11 is 0. The van der Waals surface area contributed by atoms with Gasteiger partial charge < -0.3 is 23.7 Å². The monoisotopic (exact) mass is 543 g/mol. The molecule has 0 heterocycles. The Morgan fingerprint density at radius 2 is 1.40 bits per heavy atom. The van der Waals surface area contributed by atoms with Gasteiger partial charge in [-0.1, -0.05) is 18.4 Å². The van der Waals surface area contributed by atoms with E-state index >= 15 is 0 Å². The summed E-state index contributed by atoms with van der Waals surface area (Å²) in [5.41, 5.74) is 1.84. The highest BCUT2D eigenvalue weighted by Gasteiger charge is 2.12. The Hall–Kier alpha value is -4.96. The smallest absolute Gasteiger partial charge is 0.343 e. The molecule has 0 saturated carbocycles. The molecule has 0 unspecified atom stereocenters. The second-order valence-electron chi connectivity index (χ2n) is 7.94. The summed E-state index contributed by atoms with van der Waals surface area (Å²) in [7, 11) is 0. The Morgan fingerprint density at radius 3 is 2.05 bits per heavy atom. The maximum Gasteiger partial charge on any atom is 0.343 e. The molecular formula is C31H26FNO7. The zero-order chi connectivity index (χ0) is 28.6. The van der Waals surface area contributed by atoms with Gasteiger partial charge in [-0.15, -0.1) is 0 Å². The van der Waals surface area contributed by atoms with Gasteiger partial charge in [0.1, 0.15) is 19.0 Å². The third-order valence-electron chi connectivity index (χ3n) is 5.10. The highest BCUT2D eigenvalue weighted by molar-refractivity contribution is 5.91. The van der Waals surface area contributed by atoms with Gasteiger partial charge in [-0.3, -0.25) is 0 Å². The summed E-state index contributed by atoms with van der Waals surface area (Å²) < 4.78 is 40.7. The van der Waals surface area contributed by atoms with Gasteiger partial charge in [-0.25, -0.2) is 14.0 Å². The molecule has 0 radical (unpaired) electrons. The first-order valence-corrected chi connectivity index (χ1v) is 12.2. The Bertz CT molecular complexity index is 1400. The first-order valence-electron chi connectivity index (χ1n) is 12.2. The molecule has 3 rings (SSSR count). The predicted molar refractivity (Wildman–Crippen MR) is 143 cm³/mol. The number of rotatable bonds is 13. The number of carbonyl (C=O) groups is 2. The van der Waals surface area contributed by atoms with E-state index < -0.39 is 17.8 Å². The van der Waals surface area contributed by atoms with E-state index in [2.05, 4.69) is 18.4 Å². The molecule has 204 valence electrons. The molecule has 0 bridgehead atoms. The quantitative estimate of drug-likeness (QED) is 0.102. The minimum Gasteiger partial charge on any atom is -0.491 e. The predicted octanol–water partition coefficient (Wildman–Crippen LogP) is 4.46. The van der Waals surface area contributed by atoms with E-state index in [0.717, 1.165) is 6.08 Å². The molecule has 0 N–H and O–H groups in total. The third kappa shape index (κ3) is 10.1. The van der Waals surface area contributed by atoms with Crippen LogP contribution in [0, 0.1) is 29.0 Å². The molecule has 8 nitrogen and oxygen atoms in total. The average Bonchev–Trinajstić information content (AvgIpc) is 2.98. The van der Waals surface area contributed by atoms with Crippen LogP contribution in [0.3, 0.4) is 0 Å². The Kier molecular flexibility index (Phi) is 11.9. The van der Waals surface area contributed by atoms with Gasteiger partial charge in [-0.2, -0.15) is 5.26 Å². The van der Waals surface area contributed by atoms with Gasteiger partial charge >= 0.3 is 11.9 Å². The minimum absolute atomic E-state index is 0.149. The number of halogens is 1. The van der Waals surface area contributed by atoms with Gasteiger partial charge in [0, 0.05) is 17.2 Å². The molecule has 0 aromatic heterocycles. The van der Waals surface area contributed by atoms with Crippen molar-refractivity contribution in [3.05, 3.63) is 107 Å².